The molecule has 0 spiro atoms. The molecule has 0 saturated carbocycles. The van der Waals surface area contributed by atoms with Gasteiger partial charge in [0.1, 0.15) is 5.52 Å². The van der Waals surface area contributed by atoms with Gasteiger partial charge in [0.25, 0.3) is 0 Å². The van der Waals surface area contributed by atoms with Crippen LogP contribution in [0.1, 0.15) is 47.3 Å². The van der Waals surface area contributed by atoms with Crippen LogP contribution in [0.3, 0.4) is 0 Å². The van der Waals surface area contributed by atoms with Crippen molar-refractivity contribution >= 4 is 17.0 Å². The molecule has 28 heavy (non-hydrogen) atoms. The summed E-state index contributed by atoms with van der Waals surface area (Å²) in [4.78, 5) is 17.1. The third-order valence-corrected chi connectivity index (χ3v) is 5.57. The zero-order chi connectivity index (χ0) is 19.7. The third kappa shape index (κ3) is 3.26. The molecule has 146 valence electrons. The summed E-state index contributed by atoms with van der Waals surface area (Å²) >= 11 is 0. The normalized spacial score (nSPS) is 14.7. The van der Waals surface area contributed by atoms with Gasteiger partial charge in [-0.3, -0.25) is 9.78 Å². The van der Waals surface area contributed by atoms with Gasteiger partial charge in [-0.2, -0.15) is 0 Å². The second-order valence-electron chi connectivity index (χ2n) is 7.15. The van der Waals surface area contributed by atoms with E-state index in [2.05, 4.69) is 27.8 Å². The van der Waals surface area contributed by atoms with E-state index in [4.69, 9.17) is 9.72 Å². The Labute approximate surface area is 164 Å². The van der Waals surface area contributed by atoms with Gasteiger partial charge in [-0.15, -0.1) is 5.10 Å². The van der Waals surface area contributed by atoms with Gasteiger partial charge in [0.05, 0.1) is 24.7 Å². The van der Waals surface area contributed by atoms with Crippen LogP contribution in [0.5, 0.6) is 0 Å². The first kappa shape index (κ1) is 18.6. The highest BCUT2D eigenvalue weighted by Gasteiger charge is 2.25. The van der Waals surface area contributed by atoms with Crippen molar-refractivity contribution in [2.45, 2.75) is 45.7 Å². The lowest BCUT2D eigenvalue weighted by atomic mass is 9.87. The van der Waals surface area contributed by atoms with E-state index in [9.17, 15) is 4.79 Å². The summed E-state index contributed by atoms with van der Waals surface area (Å²) in [7, 11) is 1.42. The monoisotopic (exact) mass is 379 g/mol. The van der Waals surface area contributed by atoms with Gasteiger partial charge >= 0.3 is 5.97 Å². The number of methoxy groups -OCH3 is 1. The predicted molar refractivity (Wildman–Crippen MR) is 106 cm³/mol. The molecule has 3 heterocycles. The van der Waals surface area contributed by atoms with E-state index in [1.165, 1.54) is 12.7 Å². The first-order valence-corrected chi connectivity index (χ1v) is 9.71. The van der Waals surface area contributed by atoms with Crippen LogP contribution in [-0.2, 0) is 29.0 Å². The largest absolute Gasteiger partial charge is 0.469 e. The van der Waals surface area contributed by atoms with Crippen molar-refractivity contribution < 1.29 is 9.53 Å². The minimum Gasteiger partial charge on any atom is -0.469 e. The van der Waals surface area contributed by atoms with Crippen LogP contribution in [0.25, 0.3) is 11.0 Å². The molecule has 1 aromatic carbocycles. The number of hydrogen-bond donors (Lipinski definition) is 1. The van der Waals surface area contributed by atoms with Crippen LogP contribution in [0.2, 0.25) is 0 Å². The minimum atomic E-state index is -0.251. The van der Waals surface area contributed by atoms with E-state index in [1.54, 1.807) is 0 Å². The molecule has 1 atom stereocenters. The Morgan fingerprint density at radius 2 is 2.18 bits per heavy atom. The molecule has 1 aliphatic rings. The number of esters is 1. The van der Waals surface area contributed by atoms with Gasteiger partial charge < -0.3 is 10.1 Å². The number of nitrogens with one attached hydrogen (secondary N) is 1. The van der Waals surface area contributed by atoms with Crippen LogP contribution in [-0.4, -0.2) is 39.6 Å². The van der Waals surface area contributed by atoms with Crippen LogP contribution in [0.15, 0.2) is 24.3 Å². The summed E-state index contributed by atoms with van der Waals surface area (Å²) in [6, 6.07) is 8.29. The van der Waals surface area contributed by atoms with E-state index >= 15 is 0 Å². The second kappa shape index (κ2) is 7.67. The summed E-state index contributed by atoms with van der Waals surface area (Å²) in [5.74, 6) is -0.435. The molecule has 0 aliphatic carbocycles. The van der Waals surface area contributed by atoms with E-state index < -0.39 is 0 Å². The molecule has 7 nitrogen and oxygen atoms in total. The summed E-state index contributed by atoms with van der Waals surface area (Å²) < 4.78 is 6.85. The Morgan fingerprint density at radius 1 is 1.32 bits per heavy atom. The van der Waals surface area contributed by atoms with Gasteiger partial charge in [0, 0.05) is 24.7 Å². The quantitative estimate of drug-likeness (QED) is 0.686. The number of aromatic nitrogens is 4. The molecule has 0 fully saturated rings. The zero-order valence-corrected chi connectivity index (χ0v) is 16.5. The van der Waals surface area contributed by atoms with E-state index in [0.717, 1.165) is 59.6 Å². The smallest absolute Gasteiger partial charge is 0.306 e. The number of ether oxygens (including phenoxy) is 1. The van der Waals surface area contributed by atoms with Gasteiger partial charge in [-0.1, -0.05) is 17.3 Å². The second-order valence-corrected chi connectivity index (χ2v) is 7.15. The fraction of sp³-hybridized carbons (Fsp3) is 0.429. The Hall–Kier alpha value is -2.80. The Kier molecular flexibility index (Phi) is 5.09. The maximum Gasteiger partial charge on any atom is 0.306 e. The van der Waals surface area contributed by atoms with Crippen molar-refractivity contribution in [3.63, 3.8) is 0 Å². The number of carbonyl (C=O) groups is 1. The number of nitrogens with zero attached hydrogens (tertiary/aromatic N) is 4. The van der Waals surface area contributed by atoms with Crippen molar-refractivity contribution in [2.75, 3.05) is 13.7 Å². The van der Waals surface area contributed by atoms with Crippen LogP contribution >= 0.6 is 0 Å². The average Bonchev–Trinajstić information content (AvgIpc) is 3.16. The number of fused-ring (bicyclic) bond motifs is 2. The number of aryl methyl sites for hydroxylation is 2. The number of hydrogen-bond acceptors (Lipinski definition) is 6. The molecule has 1 N–H and O–H groups in total. The molecular formula is C21H25N5O2. The van der Waals surface area contributed by atoms with E-state index in [-0.39, 0.29) is 18.3 Å². The molecule has 2 aromatic heterocycles. The third-order valence-electron chi connectivity index (χ3n) is 5.57. The van der Waals surface area contributed by atoms with E-state index in [1.807, 2.05) is 30.7 Å². The van der Waals surface area contributed by atoms with Crippen molar-refractivity contribution in [1.82, 2.24) is 25.3 Å². The predicted octanol–water partition coefficient (Wildman–Crippen LogP) is 2.50. The molecule has 4 rings (SSSR count). The Balaban J connectivity index is 1.81. The van der Waals surface area contributed by atoms with Gasteiger partial charge in [-0.25, -0.2) is 4.68 Å². The lowest BCUT2D eigenvalue weighted by Crippen LogP contribution is -2.25. The van der Waals surface area contributed by atoms with Crippen LogP contribution in [0, 0.1) is 6.92 Å². The van der Waals surface area contributed by atoms with Crippen LogP contribution < -0.4 is 5.32 Å². The lowest BCUT2D eigenvalue weighted by Gasteiger charge is -2.22. The SMILES string of the molecule is CCn1nnc2c(C)c([C@@H](CC(=O)OC)c3ccc4c(n3)CNCC4)ccc21. The Morgan fingerprint density at radius 3 is 2.96 bits per heavy atom. The summed E-state index contributed by atoms with van der Waals surface area (Å²) in [6.45, 7) is 6.58. The topological polar surface area (TPSA) is 81.9 Å². The maximum absolute atomic E-state index is 12.2. The summed E-state index contributed by atoms with van der Waals surface area (Å²) in [5, 5.41) is 12.0. The van der Waals surface area contributed by atoms with Gasteiger partial charge in [-0.05, 0) is 55.6 Å². The summed E-state index contributed by atoms with van der Waals surface area (Å²) in [6.07, 6.45) is 1.22. The lowest BCUT2D eigenvalue weighted by molar-refractivity contribution is -0.140. The van der Waals surface area contributed by atoms with Crippen molar-refractivity contribution in [1.29, 1.82) is 0 Å². The van der Waals surface area contributed by atoms with Crippen molar-refractivity contribution in [3.8, 4) is 0 Å². The van der Waals surface area contributed by atoms with Crippen molar-refractivity contribution in [2.24, 2.45) is 0 Å². The number of carbonyl (C=O) groups excluding carboxylic acids is 1. The highest BCUT2D eigenvalue weighted by molar-refractivity contribution is 5.80. The number of pyridine rings is 1. The molecule has 0 bridgehead atoms. The fourth-order valence-electron chi connectivity index (χ4n) is 3.97. The minimum absolute atomic E-state index is 0.184. The molecule has 0 saturated heterocycles. The van der Waals surface area contributed by atoms with Gasteiger partial charge in [0.2, 0.25) is 0 Å². The van der Waals surface area contributed by atoms with E-state index in [0.29, 0.717) is 0 Å². The molecule has 0 unspecified atom stereocenters. The van der Waals surface area contributed by atoms with Crippen LogP contribution in [0.4, 0.5) is 0 Å². The maximum atomic E-state index is 12.2. The molecule has 0 radical (unpaired) electrons. The molecular weight excluding hydrogens is 354 g/mol. The van der Waals surface area contributed by atoms with Crippen molar-refractivity contribution in [3.05, 3.63) is 52.3 Å². The highest BCUT2D eigenvalue weighted by Crippen LogP contribution is 2.33. The van der Waals surface area contributed by atoms with Gasteiger partial charge in [0.15, 0.2) is 0 Å². The first-order valence-electron chi connectivity index (χ1n) is 9.71. The first-order chi connectivity index (χ1) is 13.6. The number of rotatable bonds is 5. The average molecular weight is 379 g/mol. The standard InChI is InChI=1S/C21H25N5O2/c1-4-26-19-8-6-15(13(2)21(19)24-25-26)16(11-20(27)28-3)17-7-5-14-9-10-22-12-18(14)23-17/h5-8,16,22H,4,9-12H2,1-3H3/t16-/m1/s1. The highest BCUT2D eigenvalue weighted by atomic mass is 16.5. The molecule has 7 heteroatoms. The summed E-state index contributed by atoms with van der Waals surface area (Å²) in [5.41, 5.74) is 7.17. The number of benzene rings is 1. The zero-order valence-electron chi connectivity index (χ0n) is 16.5. The molecule has 3 aromatic rings. The Bertz CT molecular complexity index is 1030. The molecule has 0 amide bonds. The molecule has 1 aliphatic heterocycles. The fourth-order valence-corrected chi connectivity index (χ4v) is 3.97.